The maximum atomic E-state index is 8.99. The van der Waals surface area contributed by atoms with Gasteiger partial charge in [-0.05, 0) is 32.1 Å². The van der Waals surface area contributed by atoms with E-state index in [4.69, 9.17) is 10.00 Å². The molecule has 2 heteroatoms. The molecular formula is C10H15NO. The molecule has 1 unspecified atom stereocenters. The number of nitriles is 1. The van der Waals surface area contributed by atoms with Crippen LogP contribution in [0.15, 0.2) is 0 Å². The summed E-state index contributed by atoms with van der Waals surface area (Å²) in [6.45, 7) is 0.909. The minimum absolute atomic E-state index is 0.00894. The van der Waals surface area contributed by atoms with Crippen molar-refractivity contribution in [1.29, 1.82) is 5.26 Å². The summed E-state index contributed by atoms with van der Waals surface area (Å²) in [6, 6.07) is 2.46. The lowest BCUT2D eigenvalue weighted by atomic mass is 9.66. The molecule has 0 aromatic rings. The first-order chi connectivity index (χ1) is 5.85. The number of nitrogens with zero attached hydrogens (tertiary/aromatic N) is 1. The number of hydrogen-bond acceptors (Lipinski definition) is 2. The maximum Gasteiger partial charge on any atom is 0.0690 e. The molecule has 0 spiro atoms. The first kappa shape index (κ1) is 8.07. The highest BCUT2D eigenvalue weighted by Gasteiger charge is 2.40. The predicted octanol–water partition coefficient (Wildman–Crippen LogP) is 2.25. The van der Waals surface area contributed by atoms with Gasteiger partial charge in [-0.25, -0.2) is 0 Å². The average Bonchev–Trinajstić information content (AvgIpc) is 2.49. The molecule has 1 atom stereocenters. The second-order valence-electron chi connectivity index (χ2n) is 4.08. The average molecular weight is 165 g/mol. The van der Waals surface area contributed by atoms with Crippen LogP contribution in [0.3, 0.4) is 0 Å². The normalized spacial score (nSPS) is 32.4. The molecule has 2 fully saturated rings. The van der Waals surface area contributed by atoms with Gasteiger partial charge in [0.15, 0.2) is 0 Å². The third kappa shape index (κ3) is 1.34. The van der Waals surface area contributed by atoms with Crippen molar-refractivity contribution in [3.8, 4) is 6.07 Å². The van der Waals surface area contributed by atoms with E-state index >= 15 is 0 Å². The number of ether oxygens (including phenoxy) is 1. The van der Waals surface area contributed by atoms with Gasteiger partial charge in [0.2, 0.25) is 0 Å². The molecule has 1 saturated heterocycles. The Balaban J connectivity index is 1.88. The highest BCUT2D eigenvalue weighted by molar-refractivity contribution is 5.05. The smallest absolute Gasteiger partial charge is 0.0690 e. The highest BCUT2D eigenvalue weighted by atomic mass is 16.5. The Labute approximate surface area is 73.5 Å². The van der Waals surface area contributed by atoms with Gasteiger partial charge in [-0.1, -0.05) is 6.42 Å². The van der Waals surface area contributed by atoms with Gasteiger partial charge in [0.1, 0.15) is 0 Å². The van der Waals surface area contributed by atoms with Gasteiger partial charge in [0.25, 0.3) is 0 Å². The zero-order chi connectivity index (χ0) is 8.44. The predicted molar refractivity (Wildman–Crippen MR) is 45.5 cm³/mol. The molecule has 12 heavy (non-hydrogen) atoms. The standard InChI is InChI=1S/C10H15NO/c11-8-10(4-2-5-10)7-9-3-1-6-12-9/h9H,1-7H2. The molecule has 2 nitrogen and oxygen atoms in total. The second kappa shape index (κ2) is 3.06. The molecule has 1 aliphatic heterocycles. The minimum atomic E-state index is 0.00894. The summed E-state index contributed by atoms with van der Waals surface area (Å²) in [6.07, 6.45) is 7.18. The molecule has 2 rings (SSSR count). The summed E-state index contributed by atoms with van der Waals surface area (Å²) in [5.41, 5.74) is 0.00894. The van der Waals surface area contributed by atoms with Crippen LogP contribution in [0.2, 0.25) is 0 Å². The molecule has 0 aromatic heterocycles. The van der Waals surface area contributed by atoms with Gasteiger partial charge in [0, 0.05) is 6.61 Å². The summed E-state index contributed by atoms with van der Waals surface area (Å²) in [7, 11) is 0. The van der Waals surface area contributed by atoms with Crippen LogP contribution in [0.1, 0.15) is 38.5 Å². The SMILES string of the molecule is N#CC1(CC2CCCO2)CCC1. The van der Waals surface area contributed by atoms with E-state index in [1.165, 1.54) is 19.3 Å². The molecule has 0 radical (unpaired) electrons. The van der Waals surface area contributed by atoms with E-state index < -0.39 is 0 Å². The Morgan fingerprint density at radius 2 is 2.25 bits per heavy atom. The molecule has 1 heterocycles. The quantitative estimate of drug-likeness (QED) is 0.628. The Morgan fingerprint density at radius 3 is 2.67 bits per heavy atom. The third-order valence-corrected chi connectivity index (χ3v) is 3.19. The zero-order valence-electron chi connectivity index (χ0n) is 7.38. The topological polar surface area (TPSA) is 33.0 Å². The summed E-state index contributed by atoms with van der Waals surface area (Å²) >= 11 is 0. The Kier molecular flexibility index (Phi) is 2.06. The molecule has 0 N–H and O–H groups in total. The van der Waals surface area contributed by atoms with Crippen molar-refractivity contribution in [2.24, 2.45) is 5.41 Å². The lowest BCUT2D eigenvalue weighted by Gasteiger charge is -2.36. The van der Waals surface area contributed by atoms with Crippen LogP contribution >= 0.6 is 0 Å². The van der Waals surface area contributed by atoms with E-state index in [1.54, 1.807) is 0 Å². The monoisotopic (exact) mass is 165 g/mol. The van der Waals surface area contributed by atoms with Gasteiger partial charge in [-0.15, -0.1) is 0 Å². The van der Waals surface area contributed by atoms with Crippen molar-refractivity contribution in [3.05, 3.63) is 0 Å². The Morgan fingerprint density at radius 1 is 1.42 bits per heavy atom. The summed E-state index contributed by atoms with van der Waals surface area (Å²) in [5.74, 6) is 0. The van der Waals surface area contributed by atoms with E-state index in [1.807, 2.05) is 0 Å². The van der Waals surface area contributed by atoms with Crippen LogP contribution in [0.25, 0.3) is 0 Å². The lowest BCUT2D eigenvalue weighted by molar-refractivity contribution is 0.0512. The van der Waals surface area contributed by atoms with E-state index in [-0.39, 0.29) is 5.41 Å². The fourth-order valence-corrected chi connectivity index (χ4v) is 2.21. The minimum Gasteiger partial charge on any atom is -0.378 e. The Bertz CT molecular complexity index is 196. The van der Waals surface area contributed by atoms with Crippen LogP contribution < -0.4 is 0 Å². The summed E-state index contributed by atoms with van der Waals surface area (Å²) in [4.78, 5) is 0. The van der Waals surface area contributed by atoms with Crippen molar-refractivity contribution in [2.45, 2.75) is 44.6 Å². The van der Waals surface area contributed by atoms with E-state index in [0.29, 0.717) is 6.10 Å². The van der Waals surface area contributed by atoms with Crippen LogP contribution in [0.4, 0.5) is 0 Å². The van der Waals surface area contributed by atoms with Crippen LogP contribution in [0.5, 0.6) is 0 Å². The van der Waals surface area contributed by atoms with Gasteiger partial charge in [-0.3, -0.25) is 0 Å². The maximum absolute atomic E-state index is 8.99. The molecule has 0 aromatic carbocycles. The van der Waals surface area contributed by atoms with Gasteiger partial charge >= 0.3 is 0 Å². The summed E-state index contributed by atoms with van der Waals surface area (Å²) in [5, 5.41) is 8.99. The van der Waals surface area contributed by atoms with Crippen molar-refractivity contribution >= 4 is 0 Å². The first-order valence-corrected chi connectivity index (χ1v) is 4.88. The largest absolute Gasteiger partial charge is 0.378 e. The lowest BCUT2D eigenvalue weighted by Crippen LogP contribution is -2.31. The summed E-state index contributed by atoms with van der Waals surface area (Å²) < 4.78 is 5.54. The zero-order valence-corrected chi connectivity index (χ0v) is 7.38. The molecule has 0 amide bonds. The van der Waals surface area contributed by atoms with Crippen molar-refractivity contribution in [3.63, 3.8) is 0 Å². The van der Waals surface area contributed by atoms with E-state index in [2.05, 4.69) is 6.07 Å². The molecule has 2 aliphatic rings. The van der Waals surface area contributed by atoms with E-state index in [9.17, 15) is 0 Å². The van der Waals surface area contributed by atoms with Gasteiger partial charge in [0.05, 0.1) is 17.6 Å². The second-order valence-corrected chi connectivity index (χ2v) is 4.08. The van der Waals surface area contributed by atoms with Crippen molar-refractivity contribution < 1.29 is 4.74 Å². The van der Waals surface area contributed by atoms with Crippen molar-refractivity contribution in [2.75, 3.05) is 6.61 Å². The van der Waals surface area contributed by atoms with Crippen LogP contribution in [-0.2, 0) is 4.74 Å². The first-order valence-electron chi connectivity index (χ1n) is 4.88. The Hall–Kier alpha value is -0.550. The molecule has 0 bridgehead atoms. The molecular weight excluding hydrogens is 150 g/mol. The van der Waals surface area contributed by atoms with Gasteiger partial charge in [-0.2, -0.15) is 5.26 Å². The van der Waals surface area contributed by atoms with Gasteiger partial charge < -0.3 is 4.74 Å². The number of rotatable bonds is 2. The highest BCUT2D eigenvalue weighted by Crippen LogP contribution is 2.45. The van der Waals surface area contributed by atoms with Crippen LogP contribution in [0, 0.1) is 16.7 Å². The fraction of sp³-hybridized carbons (Fsp3) is 0.900. The molecule has 1 aliphatic carbocycles. The molecule has 1 saturated carbocycles. The fourth-order valence-electron chi connectivity index (χ4n) is 2.21. The van der Waals surface area contributed by atoms with Crippen LogP contribution in [-0.4, -0.2) is 12.7 Å². The third-order valence-electron chi connectivity index (χ3n) is 3.19. The van der Waals surface area contributed by atoms with Crippen molar-refractivity contribution in [1.82, 2.24) is 0 Å². The number of hydrogen-bond donors (Lipinski definition) is 0. The molecule has 66 valence electrons. The van der Waals surface area contributed by atoms with E-state index in [0.717, 1.165) is 25.9 Å².